The van der Waals surface area contributed by atoms with E-state index in [1.807, 2.05) is 17.9 Å². The molecule has 4 heteroatoms. The molecule has 1 aromatic heterocycles. The first-order valence-corrected chi connectivity index (χ1v) is 8.27. The van der Waals surface area contributed by atoms with Gasteiger partial charge in [-0.15, -0.1) is 0 Å². The summed E-state index contributed by atoms with van der Waals surface area (Å²) in [6.07, 6.45) is 13.7. The minimum Gasteiger partial charge on any atom is -0.314 e. The monoisotopic (exact) mass is 276 g/mol. The van der Waals surface area contributed by atoms with Gasteiger partial charge in [-0.25, -0.2) is 0 Å². The van der Waals surface area contributed by atoms with Crippen LogP contribution in [0, 0.1) is 5.92 Å². The van der Waals surface area contributed by atoms with Crippen molar-refractivity contribution in [1.29, 1.82) is 0 Å². The highest BCUT2D eigenvalue weighted by Crippen LogP contribution is 2.30. The molecule has 0 bridgehead atoms. The molecule has 4 nitrogen and oxygen atoms in total. The van der Waals surface area contributed by atoms with Crippen molar-refractivity contribution in [3.05, 3.63) is 18.0 Å². The van der Waals surface area contributed by atoms with Crippen LogP contribution >= 0.6 is 0 Å². The lowest BCUT2D eigenvalue weighted by molar-refractivity contribution is 0.181. The first-order valence-electron chi connectivity index (χ1n) is 8.27. The molecule has 2 fully saturated rings. The van der Waals surface area contributed by atoms with Crippen molar-refractivity contribution in [1.82, 2.24) is 20.4 Å². The fraction of sp³-hybridized carbons (Fsp3) is 0.812. The van der Waals surface area contributed by atoms with E-state index in [0.717, 1.165) is 18.5 Å². The standard InChI is InChI=1S/C16H28N4/c1-20-12-13(11-19-20)10-18-16-7-3-2-6-14(16)15-8-4-5-9-17-15/h11-12,14-18H,2-10H2,1H3. The number of aromatic nitrogens is 2. The van der Waals surface area contributed by atoms with Gasteiger partial charge in [0.15, 0.2) is 0 Å². The van der Waals surface area contributed by atoms with Gasteiger partial charge in [-0.1, -0.05) is 19.3 Å². The SMILES string of the molecule is Cn1cc(CNC2CCCCC2C2CCCCN2)cn1. The smallest absolute Gasteiger partial charge is 0.0534 e. The summed E-state index contributed by atoms with van der Waals surface area (Å²) in [4.78, 5) is 0. The van der Waals surface area contributed by atoms with Crippen molar-refractivity contribution in [3.63, 3.8) is 0 Å². The summed E-state index contributed by atoms with van der Waals surface area (Å²) < 4.78 is 1.89. The lowest BCUT2D eigenvalue weighted by Crippen LogP contribution is -2.50. The summed E-state index contributed by atoms with van der Waals surface area (Å²) in [5, 5.41) is 11.8. The van der Waals surface area contributed by atoms with Crippen LogP contribution < -0.4 is 10.6 Å². The number of hydrogen-bond donors (Lipinski definition) is 2. The van der Waals surface area contributed by atoms with Crippen LogP contribution in [-0.2, 0) is 13.6 Å². The van der Waals surface area contributed by atoms with Crippen molar-refractivity contribution in [3.8, 4) is 0 Å². The number of piperidine rings is 1. The third kappa shape index (κ3) is 3.41. The van der Waals surface area contributed by atoms with Crippen LogP contribution in [0.4, 0.5) is 0 Å². The molecule has 0 spiro atoms. The van der Waals surface area contributed by atoms with E-state index >= 15 is 0 Å². The summed E-state index contributed by atoms with van der Waals surface area (Å²) in [6.45, 7) is 2.18. The van der Waals surface area contributed by atoms with Crippen LogP contribution in [0.5, 0.6) is 0 Å². The lowest BCUT2D eigenvalue weighted by atomic mass is 9.77. The molecule has 2 N–H and O–H groups in total. The second-order valence-electron chi connectivity index (χ2n) is 6.51. The summed E-state index contributed by atoms with van der Waals surface area (Å²) >= 11 is 0. The highest BCUT2D eigenvalue weighted by atomic mass is 15.2. The Balaban J connectivity index is 1.57. The predicted molar refractivity (Wildman–Crippen MR) is 81.4 cm³/mol. The van der Waals surface area contributed by atoms with Gasteiger partial charge in [0, 0.05) is 37.4 Å². The molecule has 2 aliphatic rings. The first kappa shape index (κ1) is 14.1. The fourth-order valence-electron chi connectivity index (χ4n) is 3.95. The Morgan fingerprint density at radius 2 is 2.10 bits per heavy atom. The van der Waals surface area contributed by atoms with Gasteiger partial charge < -0.3 is 10.6 Å². The molecule has 112 valence electrons. The molecule has 3 unspecified atom stereocenters. The molecule has 20 heavy (non-hydrogen) atoms. The number of nitrogens with one attached hydrogen (secondary N) is 2. The van der Waals surface area contributed by atoms with Gasteiger partial charge >= 0.3 is 0 Å². The fourth-order valence-corrected chi connectivity index (χ4v) is 3.95. The maximum absolute atomic E-state index is 4.25. The van der Waals surface area contributed by atoms with Crippen molar-refractivity contribution in [2.45, 2.75) is 63.6 Å². The largest absolute Gasteiger partial charge is 0.314 e. The molecule has 1 saturated carbocycles. The van der Waals surface area contributed by atoms with Crippen LogP contribution in [0.15, 0.2) is 12.4 Å². The quantitative estimate of drug-likeness (QED) is 0.886. The van der Waals surface area contributed by atoms with Gasteiger partial charge in [0.2, 0.25) is 0 Å². The molecule has 1 aliphatic heterocycles. The van der Waals surface area contributed by atoms with Gasteiger partial charge in [-0.2, -0.15) is 5.10 Å². The second-order valence-corrected chi connectivity index (χ2v) is 6.51. The number of nitrogens with zero attached hydrogens (tertiary/aromatic N) is 2. The zero-order chi connectivity index (χ0) is 13.8. The highest BCUT2D eigenvalue weighted by molar-refractivity contribution is 5.04. The minimum absolute atomic E-state index is 0.680. The Morgan fingerprint density at radius 3 is 2.85 bits per heavy atom. The molecular weight excluding hydrogens is 248 g/mol. The van der Waals surface area contributed by atoms with Gasteiger partial charge in [-0.05, 0) is 38.1 Å². The van der Waals surface area contributed by atoms with Crippen LogP contribution in [0.1, 0.15) is 50.5 Å². The zero-order valence-corrected chi connectivity index (χ0v) is 12.6. The zero-order valence-electron chi connectivity index (χ0n) is 12.6. The van der Waals surface area contributed by atoms with Crippen molar-refractivity contribution >= 4 is 0 Å². The predicted octanol–water partition coefficient (Wildman–Crippen LogP) is 2.21. The van der Waals surface area contributed by atoms with E-state index in [1.165, 1.54) is 57.1 Å². The molecule has 3 rings (SSSR count). The lowest BCUT2D eigenvalue weighted by Gasteiger charge is -2.40. The van der Waals surface area contributed by atoms with E-state index in [9.17, 15) is 0 Å². The van der Waals surface area contributed by atoms with E-state index in [0.29, 0.717) is 6.04 Å². The average molecular weight is 276 g/mol. The van der Waals surface area contributed by atoms with Crippen LogP contribution in [0.25, 0.3) is 0 Å². The number of aryl methyl sites for hydroxylation is 1. The van der Waals surface area contributed by atoms with Crippen molar-refractivity contribution < 1.29 is 0 Å². The average Bonchev–Trinajstić information content (AvgIpc) is 2.92. The van der Waals surface area contributed by atoms with Gasteiger partial charge in [-0.3, -0.25) is 4.68 Å². The maximum Gasteiger partial charge on any atom is 0.0534 e. The first-order chi connectivity index (χ1) is 9.83. The summed E-state index contributed by atoms with van der Waals surface area (Å²) in [5.74, 6) is 0.820. The molecule has 0 radical (unpaired) electrons. The third-order valence-electron chi connectivity index (χ3n) is 5.01. The minimum atomic E-state index is 0.680. The van der Waals surface area contributed by atoms with E-state index in [1.54, 1.807) is 0 Å². The third-order valence-corrected chi connectivity index (χ3v) is 5.01. The maximum atomic E-state index is 4.25. The van der Waals surface area contributed by atoms with E-state index in [-0.39, 0.29) is 0 Å². The molecule has 2 heterocycles. The Labute approximate surface area is 122 Å². The molecule has 1 aromatic rings. The van der Waals surface area contributed by atoms with E-state index in [2.05, 4.69) is 21.9 Å². The molecule has 0 aromatic carbocycles. The van der Waals surface area contributed by atoms with Gasteiger partial charge in [0.25, 0.3) is 0 Å². The van der Waals surface area contributed by atoms with Crippen molar-refractivity contribution in [2.75, 3.05) is 6.54 Å². The summed E-state index contributed by atoms with van der Waals surface area (Å²) in [5.41, 5.74) is 1.30. The topological polar surface area (TPSA) is 41.9 Å². The molecule has 0 amide bonds. The highest BCUT2D eigenvalue weighted by Gasteiger charge is 2.32. The van der Waals surface area contributed by atoms with Crippen LogP contribution in [0.2, 0.25) is 0 Å². The van der Waals surface area contributed by atoms with E-state index < -0.39 is 0 Å². The van der Waals surface area contributed by atoms with Crippen LogP contribution in [-0.4, -0.2) is 28.4 Å². The van der Waals surface area contributed by atoms with Gasteiger partial charge in [0.1, 0.15) is 0 Å². The number of hydrogen-bond acceptors (Lipinski definition) is 3. The molecule has 3 atom stereocenters. The van der Waals surface area contributed by atoms with Crippen LogP contribution in [0.3, 0.4) is 0 Å². The van der Waals surface area contributed by atoms with Crippen molar-refractivity contribution in [2.24, 2.45) is 13.0 Å². The second kappa shape index (κ2) is 6.72. The van der Waals surface area contributed by atoms with Gasteiger partial charge in [0.05, 0.1) is 6.20 Å². The van der Waals surface area contributed by atoms with E-state index in [4.69, 9.17) is 0 Å². The Hall–Kier alpha value is -0.870. The normalized spacial score (nSPS) is 31.4. The molecular formula is C16H28N4. The molecule has 1 saturated heterocycles. The Kier molecular flexibility index (Phi) is 4.73. The molecule has 1 aliphatic carbocycles. The summed E-state index contributed by atoms with van der Waals surface area (Å²) in [7, 11) is 1.98. The Bertz CT molecular complexity index is 408. The summed E-state index contributed by atoms with van der Waals surface area (Å²) in [6, 6.07) is 1.43. The number of rotatable bonds is 4. The Morgan fingerprint density at radius 1 is 1.25 bits per heavy atom.